The van der Waals surface area contributed by atoms with Crippen molar-refractivity contribution < 1.29 is 0 Å². The summed E-state index contributed by atoms with van der Waals surface area (Å²) in [6.07, 6.45) is 11.4. The van der Waals surface area contributed by atoms with Crippen LogP contribution in [-0.2, 0) is 0 Å². The second kappa shape index (κ2) is 5.53. The Balaban J connectivity index is 1.31. The van der Waals surface area contributed by atoms with E-state index in [1.54, 1.807) is 0 Å². The summed E-state index contributed by atoms with van der Waals surface area (Å²) in [6, 6.07) is 4.04. The number of nitrogen functional groups attached to an aromatic ring is 1. The zero-order valence-corrected chi connectivity index (χ0v) is 14.6. The van der Waals surface area contributed by atoms with Crippen LogP contribution in [0.4, 0.5) is 17.3 Å². The number of nitrogens with two attached hydrogens (primary N) is 1. The van der Waals surface area contributed by atoms with Gasteiger partial charge < -0.3 is 16.0 Å². The lowest BCUT2D eigenvalue weighted by Crippen LogP contribution is -2.49. The van der Waals surface area contributed by atoms with Gasteiger partial charge in [0.25, 0.3) is 0 Å². The summed E-state index contributed by atoms with van der Waals surface area (Å²) in [5.74, 6) is 5.05. The zero-order valence-electron chi connectivity index (χ0n) is 14.6. The molecule has 3 N–H and O–H groups in total. The van der Waals surface area contributed by atoms with Gasteiger partial charge in [0.1, 0.15) is 11.6 Å². The van der Waals surface area contributed by atoms with Gasteiger partial charge in [0.2, 0.25) is 0 Å². The fourth-order valence-electron chi connectivity index (χ4n) is 6.52. The number of aromatic nitrogens is 1. The third-order valence-electron chi connectivity index (χ3n) is 7.07. The van der Waals surface area contributed by atoms with Gasteiger partial charge in [0.05, 0.1) is 0 Å². The predicted molar refractivity (Wildman–Crippen MR) is 99.2 cm³/mol. The van der Waals surface area contributed by atoms with Crippen molar-refractivity contribution in [3.8, 4) is 0 Å². The van der Waals surface area contributed by atoms with Crippen molar-refractivity contribution in [2.75, 3.05) is 35.6 Å². The fraction of sp³-hybridized carbons (Fsp3) is 0.750. The molecule has 2 heterocycles. The van der Waals surface area contributed by atoms with Crippen molar-refractivity contribution in [2.24, 2.45) is 23.2 Å². The molecule has 0 spiro atoms. The molecule has 0 aromatic carbocycles. The van der Waals surface area contributed by atoms with Crippen molar-refractivity contribution >= 4 is 17.3 Å². The number of hydrogen-bond donors (Lipinski definition) is 2. The first-order chi connectivity index (χ1) is 11.7. The first kappa shape index (κ1) is 14.9. The maximum atomic E-state index is 6.16. The highest BCUT2D eigenvalue weighted by Crippen LogP contribution is 2.59. The lowest BCUT2D eigenvalue weighted by molar-refractivity contribution is -0.0444. The van der Waals surface area contributed by atoms with Crippen LogP contribution in [0.3, 0.4) is 0 Å². The average molecular weight is 326 g/mol. The molecule has 4 saturated carbocycles. The molecule has 0 amide bonds. The minimum Gasteiger partial charge on any atom is -0.399 e. The molecule has 0 atom stereocenters. The molecule has 5 aliphatic rings. The summed E-state index contributed by atoms with van der Waals surface area (Å²) in [7, 11) is 0. The van der Waals surface area contributed by atoms with Crippen molar-refractivity contribution in [3.63, 3.8) is 0 Å². The molecule has 1 aromatic heterocycles. The monoisotopic (exact) mass is 326 g/mol. The van der Waals surface area contributed by atoms with Gasteiger partial charge in [-0.2, -0.15) is 0 Å². The van der Waals surface area contributed by atoms with E-state index < -0.39 is 0 Å². The highest BCUT2D eigenvalue weighted by molar-refractivity contribution is 5.59. The molecule has 1 saturated heterocycles. The highest BCUT2D eigenvalue weighted by atomic mass is 15.2. The first-order valence-electron chi connectivity index (χ1n) is 9.94. The van der Waals surface area contributed by atoms with E-state index in [0.29, 0.717) is 5.41 Å². The summed E-state index contributed by atoms with van der Waals surface area (Å²) in [5, 5.41) is 3.69. The molecule has 4 heteroatoms. The molecule has 0 unspecified atom stereocenters. The van der Waals surface area contributed by atoms with Crippen LogP contribution in [0.2, 0.25) is 0 Å². The molecular formula is C20H30N4. The molecule has 0 radical (unpaired) electrons. The minimum atomic E-state index is 0.537. The minimum absolute atomic E-state index is 0.537. The number of anilines is 3. The van der Waals surface area contributed by atoms with Crippen LogP contribution < -0.4 is 16.0 Å². The second-order valence-corrected chi connectivity index (χ2v) is 9.11. The second-order valence-electron chi connectivity index (χ2n) is 9.11. The summed E-state index contributed by atoms with van der Waals surface area (Å²) >= 11 is 0. The van der Waals surface area contributed by atoms with Gasteiger partial charge >= 0.3 is 0 Å². The first-order valence-corrected chi connectivity index (χ1v) is 9.94. The van der Waals surface area contributed by atoms with Crippen LogP contribution in [0, 0.1) is 23.2 Å². The Bertz CT molecular complexity index is 585. The maximum Gasteiger partial charge on any atom is 0.133 e. The summed E-state index contributed by atoms with van der Waals surface area (Å²) < 4.78 is 0. The SMILES string of the molecule is Nc1cc(NCC23CC4CC(CC(C4)C2)C3)nc(N2CCCC2)c1. The van der Waals surface area contributed by atoms with Crippen molar-refractivity contribution in [1.29, 1.82) is 0 Å². The van der Waals surface area contributed by atoms with Gasteiger partial charge in [-0.25, -0.2) is 4.98 Å². The Morgan fingerprint density at radius 1 is 1.04 bits per heavy atom. The van der Waals surface area contributed by atoms with Gasteiger partial charge in [0, 0.05) is 37.5 Å². The molecule has 5 fully saturated rings. The molecule has 130 valence electrons. The van der Waals surface area contributed by atoms with E-state index in [0.717, 1.165) is 54.7 Å². The summed E-state index contributed by atoms with van der Waals surface area (Å²) in [5.41, 5.74) is 7.53. The zero-order chi connectivity index (χ0) is 16.1. The Hall–Kier alpha value is -1.45. The van der Waals surface area contributed by atoms with Crippen molar-refractivity contribution in [1.82, 2.24) is 4.98 Å². The van der Waals surface area contributed by atoms with Crippen molar-refractivity contribution in [3.05, 3.63) is 12.1 Å². The molecule has 4 bridgehead atoms. The largest absolute Gasteiger partial charge is 0.399 e. The Kier molecular flexibility index (Phi) is 3.43. The lowest BCUT2D eigenvalue weighted by atomic mass is 9.49. The van der Waals surface area contributed by atoms with Gasteiger partial charge in [-0.15, -0.1) is 0 Å². The van der Waals surface area contributed by atoms with Crippen LogP contribution in [-0.4, -0.2) is 24.6 Å². The van der Waals surface area contributed by atoms with E-state index in [-0.39, 0.29) is 0 Å². The maximum absolute atomic E-state index is 6.16. The lowest BCUT2D eigenvalue weighted by Gasteiger charge is -2.57. The Morgan fingerprint density at radius 3 is 2.29 bits per heavy atom. The fourth-order valence-corrected chi connectivity index (χ4v) is 6.52. The molecule has 24 heavy (non-hydrogen) atoms. The smallest absolute Gasteiger partial charge is 0.133 e. The van der Waals surface area contributed by atoms with Gasteiger partial charge in [-0.1, -0.05) is 0 Å². The van der Waals surface area contributed by atoms with E-state index in [1.807, 2.05) is 12.1 Å². The van der Waals surface area contributed by atoms with Gasteiger partial charge in [-0.05, 0) is 74.5 Å². The predicted octanol–water partition coefficient (Wildman–Crippen LogP) is 3.89. The van der Waals surface area contributed by atoms with Gasteiger partial charge in [0.15, 0.2) is 0 Å². The van der Waals surface area contributed by atoms with E-state index in [1.165, 1.54) is 51.4 Å². The number of pyridine rings is 1. The van der Waals surface area contributed by atoms with E-state index in [4.69, 9.17) is 10.7 Å². The quantitative estimate of drug-likeness (QED) is 0.881. The van der Waals surface area contributed by atoms with Crippen molar-refractivity contribution in [2.45, 2.75) is 51.4 Å². The van der Waals surface area contributed by atoms with Crippen LogP contribution >= 0.6 is 0 Å². The summed E-state index contributed by atoms with van der Waals surface area (Å²) in [6.45, 7) is 3.32. The van der Waals surface area contributed by atoms with Crippen LogP contribution in [0.25, 0.3) is 0 Å². The molecule has 4 nitrogen and oxygen atoms in total. The summed E-state index contributed by atoms with van der Waals surface area (Å²) in [4.78, 5) is 7.23. The molecule has 6 rings (SSSR count). The van der Waals surface area contributed by atoms with Crippen LogP contribution in [0.15, 0.2) is 12.1 Å². The van der Waals surface area contributed by atoms with Gasteiger partial charge in [-0.3, -0.25) is 0 Å². The topological polar surface area (TPSA) is 54.2 Å². The average Bonchev–Trinajstić information content (AvgIpc) is 3.06. The normalized spacial score (nSPS) is 37.2. The highest BCUT2D eigenvalue weighted by Gasteiger charge is 2.50. The molecule has 1 aromatic rings. The molecule has 4 aliphatic carbocycles. The molecule has 1 aliphatic heterocycles. The standard InChI is InChI=1S/C20H30N4/c21-17-8-18(23-19(9-17)24-3-1-2-4-24)22-13-20-10-14-5-15(11-20)7-16(6-14)12-20/h8-9,14-16H,1-7,10-13H2,(H3,21,22,23). The number of nitrogens with one attached hydrogen (secondary N) is 1. The van der Waals surface area contributed by atoms with E-state index >= 15 is 0 Å². The Morgan fingerprint density at radius 2 is 1.67 bits per heavy atom. The third kappa shape index (κ3) is 2.64. The van der Waals surface area contributed by atoms with Crippen LogP contribution in [0.1, 0.15) is 51.4 Å². The van der Waals surface area contributed by atoms with E-state index in [9.17, 15) is 0 Å². The third-order valence-corrected chi connectivity index (χ3v) is 7.07. The molecular weight excluding hydrogens is 296 g/mol. The number of rotatable bonds is 4. The number of nitrogens with zero attached hydrogens (tertiary/aromatic N) is 2. The van der Waals surface area contributed by atoms with Crippen LogP contribution in [0.5, 0.6) is 0 Å². The van der Waals surface area contributed by atoms with E-state index in [2.05, 4.69) is 10.2 Å². The number of hydrogen-bond acceptors (Lipinski definition) is 4. The Labute approximate surface area is 145 Å².